The Morgan fingerprint density at radius 3 is 0.865 bits per heavy atom. The van der Waals surface area contributed by atoms with Gasteiger partial charge in [0.15, 0.2) is 0 Å². The summed E-state index contributed by atoms with van der Waals surface area (Å²) in [6.45, 7) is 17.9. The molecule has 0 aliphatic carbocycles. The maximum absolute atomic E-state index is 11.6. The van der Waals surface area contributed by atoms with Crippen molar-refractivity contribution in [2.24, 2.45) is 0 Å². The van der Waals surface area contributed by atoms with E-state index in [1.165, 1.54) is 0 Å². The van der Waals surface area contributed by atoms with E-state index >= 15 is 0 Å². The number of halogens is 3. The first-order chi connectivity index (χ1) is 16.7. The molecule has 0 unspecified atom stereocenters. The number of hydrogen-bond donors (Lipinski definition) is 3. The molecule has 3 nitrogen and oxygen atoms in total. The minimum Gasteiger partial charge on any atom is -0.507 e. The fourth-order valence-corrected chi connectivity index (χ4v) is 5.42. The predicted molar refractivity (Wildman–Crippen MR) is 156 cm³/mol. The second-order valence-corrected chi connectivity index (χ2v) is 14.2. The molecule has 6 heteroatoms. The molecule has 0 saturated heterocycles. The lowest BCUT2D eigenvalue weighted by Gasteiger charge is -2.30. The summed E-state index contributed by atoms with van der Waals surface area (Å²) in [5.41, 5.74) is 1.99. The van der Waals surface area contributed by atoms with Crippen molar-refractivity contribution in [2.45, 2.75) is 84.5 Å². The number of phenolic OH excluding ortho intramolecular Hbond substituents is 3. The van der Waals surface area contributed by atoms with Gasteiger partial charge >= 0.3 is 0 Å². The zero-order chi connectivity index (χ0) is 28.2. The first-order valence-corrected chi connectivity index (χ1v) is 13.5. The van der Waals surface area contributed by atoms with E-state index in [1.54, 1.807) is 36.4 Å². The molecule has 3 aromatic rings. The van der Waals surface area contributed by atoms with Gasteiger partial charge in [0.1, 0.15) is 17.2 Å². The Labute approximate surface area is 236 Å². The van der Waals surface area contributed by atoms with Gasteiger partial charge in [0.2, 0.25) is 0 Å². The number of hydrogen-bond acceptors (Lipinski definition) is 3. The topological polar surface area (TPSA) is 60.7 Å². The van der Waals surface area contributed by atoms with Gasteiger partial charge in [0.25, 0.3) is 0 Å². The quantitative estimate of drug-likeness (QED) is 0.278. The van der Waals surface area contributed by atoms with Gasteiger partial charge in [-0.15, -0.1) is 0 Å². The Hall–Kier alpha value is -2.07. The maximum Gasteiger partial charge on any atom is 0.123 e. The van der Waals surface area contributed by atoms with Crippen molar-refractivity contribution in [3.63, 3.8) is 0 Å². The van der Waals surface area contributed by atoms with Crippen LogP contribution < -0.4 is 0 Å². The normalized spacial score (nSPS) is 12.9. The molecule has 0 heterocycles. The molecule has 3 aromatic carbocycles. The molecule has 0 fully saturated rings. The molecule has 3 rings (SSSR count). The van der Waals surface area contributed by atoms with Crippen LogP contribution in [-0.2, 0) is 16.2 Å². The molecule has 0 atom stereocenters. The van der Waals surface area contributed by atoms with Crippen molar-refractivity contribution in [1.82, 2.24) is 0 Å². The first-order valence-electron chi connectivity index (χ1n) is 12.3. The van der Waals surface area contributed by atoms with Gasteiger partial charge in [0, 0.05) is 54.4 Å². The lowest BCUT2D eigenvalue weighted by Crippen LogP contribution is -2.17. The SMILES string of the molecule is CC(C)(C)c1cc(Cl)cc(C(c2cc(Cl)cc(C(C)(C)C)c2O)c2cc(Cl)cc(C(C)(C)C)c2O)c1O. The Morgan fingerprint density at radius 2 is 0.676 bits per heavy atom. The van der Waals surface area contributed by atoms with Crippen LogP contribution in [0.25, 0.3) is 0 Å². The number of phenols is 3. The zero-order valence-corrected chi connectivity index (χ0v) is 25.3. The van der Waals surface area contributed by atoms with Crippen molar-refractivity contribution in [3.8, 4) is 17.2 Å². The van der Waals surface area contributed by atoms with Gasteiger partial charge in [-0.1, -0.05) is 97.1 Å². The van der Waals surface area contributed by atoms with Crippen LogP contribution in [0.15, 0.2) is 36.4 Å². The largest absolute Gasteiger partial charge is 0.507 e. The number of aromatic hydroxyl groups is 3. The van der Waals surface area contributed by atoms with E-state index in [1.807, 2.05) is 62.3 Å². The highest BCUT2D eigenvalue weighted by Crippen LogP contribution is 2.51. The third-order valence-electron chi connectivity index (χ3n) is 6.67. The minimum absolute atomic E-state index is 0.0373. The third kappa shape index (κ3) is 6.00. The van der Waals surface area contributed by atoms with E-state index in [0.29, 0.717) is 48.4 Å². The van der Waals surface area contributed by atoms with Gasteiger partial charge in [0.05, 0.1) is 0 Å². The Balaban J connectivity index is 2.56. The lowest BCUT2D eigenvalue weighted by molar-refractivity contribution is 0.425. The summed E-state index contributed by atoms with van der Waals surface area (Å²) in [5, 5.41) is 36.2. The van der Waals surface area contributed by atoms with Crippen LogP contribution in [0.4, 0.5) is 0 Å². The third-order valence-corrected chi connectivity index (χ3v) is 7.32. The van der Waals surface area contributed by atoms with E-state index in [-0.39, 0.29) is 17.2 Å². The Morgan fingerprint density at radius 1 is 0.459 bits per heavy atom. The summed E-state index contributed by atoms with van der Waals surface area (Å²) in [5.74, 6) is -0.708. The van der Waals surface area contributed by atoms with Gasteiger partial charge in [-0.3, -0.25) is 0 Å². The Kier molecular flexibility index (Phi) is 7.90. The minimum atomic E-state index is -0.820. The molecule has 0 aliphatic heterocycles. The monoisotopic (exact) mass is 562 g/mol. The van der Waals surface area contributed by atoms with Crippen LogP contribution in [0.2, 0.25) is 15.1 Å². The van der Waals surface area contributed by atoms with Crippen LogP contribution in [0.3, 0.4) is 0 Å². The smallest absolute Gasteiger partial charge is 0.123 e. The highest BCUT2D eigenvalue weighted by molar-refractivity contribution is 6.31. The van der Waals surface area contributed by atoms with Crippen LogP contribution in [0.5, 0.6) is 17.2 Å². The van der Waals surface area contributed by atoms with Gasteiger partial charge in [-0.25, -0.2) is 0 Å². The van der Waals surface area contributed by atoms with Crippen molar-refractivity contribution in [1.29, 1.82) is 0 Å². The fraction of sp³-hybridized carbons (Fsp3) is 0.419. The summed E-state index contributed by atoms with van der Waals surface area (Å²) >= 11 is 19.8. The molecular weight excluding hydrogens is 527 g/mol. The van der Waals surface area contributed by atoms with Crippen LogP contribution in [0.1, 0.15) is 102 Å². The molecular formula is C31H37Cl3O3. The van der Waals surface area contributed by atoms with Gasteiger partial charge < -0.3 is 15.3 Å². The molecule has 200 valence electrons. The number of benzene rings is 3. The zero-order valence-electron chi connectivity index (χ0n) is 23.0. The standard InChI is InChI=1S/C31H37Cl3O3/c1-29(2,3)22-13-16(32)10-19(26(22)35)25(20-11-17(33)14-23(27(20)36)30(4,5)6)21-12-18(34)15-24(28(21)37)31(7,8)9/h10-15,25,35-37H,1-9H3. The molecule has 0 aromatic heterocycles. The van der Waals surface area contributed by atoms with Crippen molar-refractivity contribution in [3.05, 3.63) is 84.8 Å². The van der Waals surface area contributed by atoms with Crippen molar-refractivity contribution < 1.29 is 15.3 Å². The summed E-state index contributed by atoms with van der Waals surface area (Å²) in [4.78, 5) is 0. The molecule has 0 saturated carbocycles. The summed E-state index contributed by atoms with van der Waals surface area (Å²) in [6.07, 6.45) is 0. The van der Waals surface area contributed by atoms with E-state index in [4.69, 9.17) is 34.8 Å². The Bertz CT molecular complexity index is 1170. The molecule has 0 aliphatic rings. The maximum atomic E-state index is 11.6. The van der Waals surface area contributed by atoms with E-state index in [2.05, 4.69) is 0 Å². The average Bonchev–Trinajstić information content (AvgIpc) is 2.72. The highest BCUT2D eigenvalue weighted by atomic mass is 35.5. The van der Waals surface area contributed by atoms with Gasteiger partial charge in [-0.2, -0.15) is 0 Å². The molecule has 0 amide bonds. The summed E-state index contributed by atoms with van der Waals surface area (Å²) in [6, 6.07) is 10.2. The van der Waals surface area contributed by atoms with Gasteiger partial charge in [-0.05, 0) is 52.6 Å². The second kappa shape index (κ2) is 9.91. The molecule has 3 N–H and O–H groups in total. The fourth-order valence-electron chi connectivity index (χ4n) is 4.74. The summed E-state index contributed by atoms with van der Waals surface area (Å²) < 4.78 is 0. The van der Waals surface area contributed by atoms with E-state index in [0.717, 1.165) is 0 Å². The summed E-state index contributed by atoms with van der Waals surface area (Å²) in [7, 11) is 0. The predicted octanol–water partition coefficient (Wildman–Crippen LogP) is 9.84. The van der Waals surface area contributed by atoms with Crippen molar-refractivity contribution >= 4 is 34.8 Å². The van der Waals surface area contributed by atoms with Crippen LogP contribution in [-0.4, -0.2) is 15.3 Å². The first kappa shape index (κ1) is 29.5. The highest BCUT2D eigenvalue weighted by Gasteiger charge is 2.34. The van der Waals surface area contributed by atoms with Crippen LogP contribution >= 0.6 is 34.8 Å². The van der Waals surface area contributed by atoms with Crippen LogP contribution in [0, 0.1) is 0 Å². The van der Waals surface area contributed by atoms with E-state index in [9.17, 15) is 15.3 Å². The number of rotatable bonds is 3. The molecule has 0 radical (unpaired) electrons. The van der Waals surface area contributed by atoms with Crippen molar-refractivity contribution in [2.75, 3.05) is 0 Å². The van der Waals surface area contributed by atoms with E-state index < -0.39 is 22.2 Å². The second-order valence-electron chi connectivity index (χ2n) is 12.9. The average molecular weight is 564 g/mol. The molecule has 0 spiro atoms. The lowest BCUT2D eigenvalue weighted by atomic mass is 9.75. The molecule has 37 heavy (non-hydrogen) atoms. The molecule has 0 bridgehead atoms.